The third-order valence-electron chi connectivity index (χ3n) is 2.60. The summed E-state index contributed by atoms with van der Waals surface area (Å²) in [5.74, 6) is -3.24. The van der Waals surface area contributed by atoms with E-state index in [9.17, 15) is 27.3 Å². The van der Waals surface area contributed by atoms with Gasteiger partial charge in [-0.2, -0.15) is 8.42 Å². The molecule has 6 nitrogen and oxygen atoms in total. The molecular formula is C13H9F2NO5S. The highest BCUT2D eigenvalue weighted by Gasteiger charge is 2.18. The third kappa shape index (κ3) is 3.98. The van der Waals surface area contributed by atoms with Crippen LogP contribution in [0.1, 0.15) is 5.56 Å². The fourth-order valence-electron chi connectivity index (χ4n) is 1.63. The first-order valence-corrected chi connectivity index (χ1v) is 7.45. The second-order valence-electron chi connectivity index (χ2n) is 4.28. The van der Waals surface area contributed by atoms with Crippen molar-refractivity contribution in [3.05, 3.63) is 69.8 Å². The van der Waals surface area contributed by atoms with Crippen molar-refractivity contribution >= 4 is 15.8 Å². The summed E-state index contributed by atoms with van der Waals surface area (Å²) in [7, 11) is -4.19. The molecule has 9 heteroatoms. The maximum atomic E-state index is 13.4. The lowest BCUT2D eigenvalue weighted by atomic mass is 10.2. The first-order chi connectivity index (χ1) is 10.3. The molecule has 0 bridgehead atoms. The molecule has 0 fully saturated rings. The zero-order chi connectivity index (χ0) is 16.3. The fraction of sp³-hybridized carbons (Fsp3) is 0.0769. The molecule has 0 unspecified atom stereocenters. The predicted octanol–water partition coefficient (Wildman–Crippen LogP) is 2.78. The van der Waals surface area contributed by atoms with Gasteiger partial charge in [0.25, 0.3) is 5.69 Å². The third-order valence-corrected chi connectivity index (χ3v) is 3.72. The summed E-state index contributed by atoms with van der Waals surface area (Å²) in [5, 5.41) is 10.5. The van der Waals surface area contributed by atoms with E-state index < -0.39 is 38.2 Å². The molecule has 0 N–H and O–H groups in total. The number of non-ortho nitro benzene ring substituents is 1. The number of nitro groups is 1. The zero-order valence-electron chi connectivity index (χ0n) is 10.9. The Morgan fingerprint density at radius 1 is 1.09 bits per heavy atom. The van der Waals surface area contributed by atoms with Gasteiger partial charge in [0.05, 0.1) is 4.92 Å². The maximum absolute atomic E-state index is 13.4. The van der Waals surface area contributed by atoms with Gasteiger partial charge >= 0.3 is 10.1 Å². The van der Waals surface area contributed by atoms with Crippen molar-refractivity contribution in [2.75, 3.05) is 0 Å². The van der Waals surface area contributed by atoms with Crippen LogP contribution < -0.4 is 4.18 Å². The van der Waals surface area contributed by atoms with E-state index >= 15 is 0 Å². The number of nitro benzene ring substituents is 1. The van der Waals surface area contributed by atoms with E-state index in [1.165, 1.54) is 12.1 Å². The quantitative estimate of drug-likeness (QED) is 0.478. The molecule has 0 aromatic heterocycles. The Hall–Kier alpha value is -2.55. The van der Waals surface area contributed by atoms with Gasteiger partial charge in [-0.05, 0) is 17.7 Å². The lowest BCUT2D eigenvalue weighted by Crippen LogP contribution is -2.13. The van der Waals surface area contributed by atoms with E-state index in [0.717, 1.165) is 24.3 Å². The summed E-state index contributed by atoms with van der Waals surface area (Å²) >= 11 is 0. The minimum Gasteiger partial charge on any atom is -0.379 e. The van der Waals surface area contributed by atoms with Crippen LogP contribution in [-0.4, -0.2) is 13.3 Å². The molecule has 0 amide bonds. The standard InChI is InChI=1S/C13H9F2NO5S/c14-10-3-6-13(12(15)7-10)21-22(19,20)8-9-1-4-11(5-2-9)16(17)18/h1-7H,8H2. The molecule has 0 aliphatic carbocycles. The lowest BCUT2D eigenvalue weighted by Gasteiger charge is -2.08. The van der Waals surface area contributed by atoms with Crippen LogP contribution in [0.15, 0.2) is 42.5 Å². The number of benzene rings is 2. The van der Waals surface area contributed by atoms with Gasteiger partial charge in [-0.15, -0.1) is 0 Å². The van der Waals surface area contributed by atoms with E-state index in [1.54, 1.807) is 0 Å². The van der Waals surface area contributed by atoms with Crippen molar-refractivity contribution in [2.45, 2.75) is 5.75 Å². The first-order valence-electron chi connectivity index (χ1n) is 5.87. The highest BCUT2D eigenvalue weighted by atomic mass is 32.2. The summed E-state index contributed by atoms with van der Waals surface area (Å²) in [5.41, 5.74) is 0.0414. The summed E-state index contributed by atoms with van der Waals surface area (Å²) in [6.07, 6.45) is 0. The molecule has 0 atom stereocenters. The van der Waals surface area contributed by atoms with E-state index in [0.29, 0.717) is 6.07 Å². The number of nitrogens with zero attached hydrogens (tertiary/aromatic N) is 1. The monoisotopic (exact) mass is 329 g/mol. The largest absolute Gasteiger partial charge is 0.379 e. The Morgan fingerprint density at radius 3 is 2.27 bits per heavy atom. The number of halogens is 2. The van der Waals surface area contributed by atoms with Gasteiger partial charge in [-0.25, -0.2) is 8.78 Å². The van der Waals surface area contributed by atoms with Crippen molar-refractivity contribution in [1.29, 1.82) is 0 Å². The van der Waals surface area contributed by atoms with E-state index in [-0.39, 0.29) is 11.3 Å². The van der Waals surface area contributed by atoms with Crippen LogP contribution in [0.2, 0.25) is 0 Å². The van der Waals surface area contributed by atoms with Crippen LogP contribution in [0.5, 0.6) is 5.75 Å². The zero-order valence-corrected chi connectivity index (χ0v) is 11.7. The van der Waals surface area contributed by atoms with Crippen molar-refractivity contribution < 1.29 is 26.3 Å². The smallest absolute Gasteiger partial charge is 0.313 e. The van der Waals surface area contributed by atoms with Crippen molar-refractivity contribution in [1.82, 2.24) is 0 Å². The average Bonchev–Trinajstić information content (AvgIpc) is 2.42. The Bertz CT molecular complexity index is 806. The molecule has 2 aromatic carbocycles. The molecule has 116 valence electrons. The molecule has 22 heavy (non-hydrogen) atoms. The van der Waals surface area contributed by atoms with Crippen LogP contribution in [-0.2, 0) is 15.9 Å². The van der Waals surface area contributed by atoms with Crippen LogP contribution in [0.25, 0.3) is 0 Å². The Morgan fingerprint density at radius 2 is 1.73 bits per heavy atom. The van der Waals surface area contributed by atoms with Gasteiger partial charge in [0.15, 0.2) is 11.6 Å². The molecule has 0 aliphatic heterocycles. The van der Waals surface area contributed by atoms with Crippen molar-refractivity contribution in [3.8, 4) is 5.75 Å². The molecular weight excluding hydrogens is 320 g/mol. The molecule has 0 spiro atoms. The van der Waals surface area contributed by atoms with Gasteiger partial charge in [0.2, 0.25) is 0 Å². The molecule has 0 aliphatic rings. The second kappa shape index (κ2) is 6.06. The number of hydrogen-bond acceptors (Lipinski definition) is 5. The highest BCUT2D eigenvalue weighted by Crippen LogP contribution is 2.21. The van der Waals surface area contributed by atoms with E-state index in [4.69, 9.17) is 0 Å². The van der Waals surface area contributed by atoms with Gasteiger partial charge in [0, 0.05) is 18.2 Å². The van der Waals surface area contributed by atoms with Gasteiger partial charge in [-0.1, -0.05) is 12.1 Å². The average molecular weight is 329 g/mol. The highest BCUT2D eigenvalue weighted by molar-refractivity contribution is 7.86. The Balaban J connectivity index is 2.15. The normalized spacial score (nSPS) is 11.2. The van der Waals surface area contributed by atoms with Crippen molar-refractivity contribution in [3.63, 3.8) is 0 Å². The number of hydrogen-bond donors (Lipinski definition) is 0. The van der Waals surface area contributed by atoms with Crippen LogP contribution in [0.3, 0.4) is 0 Å². The molecule has 0 radical (unpaired) electrons. The minimum absolute atomic E-state index is 0.188. The molecule has 0 saturated heterocycles. The van der Waals surface area contributed by atoms with Crippen LogP contribution >= 0.6 is 0 Å². The Kier molecular flexibility index (Phi) is 4.36. The van der Waals surface area contributed by atoms with Gasteiger partial charge < -0.3 is 4.18 Å². The van der Waals surface area contributed by atoms with Crippen LogP contribution in [0.4, 0.5) is 14.5 Å². The summed E-state index contributed by atoms with van der Waals surface area (Å²) < 4.78 is 54.3. The summed E-state index contributed by atoms with van der Waals surface area (Å²) in [6, 6.07) is 7.00. The summed E-state index contributed by atoms with van der Waals surface area (Å²) in [6.45, 7) is 0. The van der Waals surface area contributed by atoms with Crippen molar-refractivity contribution in [2.24, 2.45) is 0 Å². The maximum Gasteiger partial charge on any atom is 0.313 e. The summed E-state index contributed by atoms with van der Waals surface area (Å²) in [4.78, 5) is 9.87. The topological polar surface area (TPSA) is 86.5 Å². The fourth-order valence-corrected chi connectivity index (χ4v) is 2.70. The van der Waals surface area contributed by atoms with Gasteiger partial charge in [-0.3, -0.25) is 10.1 Å². The van der Waals surface area contributed by atoms with Gasteiger partial charge in [0.1, 0.15) is 11.6 Å². The minimum atomic E-state index is -4.19. The second-order valence-corrected chi connectivity index (χ2v) is 5.85. The molecule has 0 heterocycles. The lowest BCUT2D eigenvalue weighted by molar-refractivity contribution is -0.384. The van der Waals surface area contributed by atoms with E-state index in [2.05, 4.69) is 4.18 Å². The SMILES string of the molecule is O=[N+]([O-])c1ccc(CS(=O)(=O)Oc2ccc(F)cc2F)cc1. The predicted molar refractivity (Wildman–Crippen MR) is 72.7 cm³/mol. The first kappa shape index (κ1) is 15.8. The number of rotatable bonds is 5. The molecule has 0 saturated carbocycles. The Labute approximate surface area is 124 Å². The molecule has 2 aromatic rings. The molecule has 2 rings (SSSR count). The van der Waals surface area contributed by atoms with E-state index in [1.807, 2.05) is 0 Å². The van der Waals surface area contributed by atoms with Crippen LogP contribution in [0, 0.1) is 21.7 Å².